The molecule has 9 nitrogen and oxygen atoms in total. The average molecular weight is 395 g/mol. The molecule has 0 aliphatic carbocycles. The zero-order chi connectivity index (χ0) is 19.4. The topological polar surface area (TPSA) is 102 Å². The number of carbonyl (C=O) groups excluding carboxylic acids is 2. The lowest BCUT2D eigenvalue weighted by Gasteiger charge is -2.31. The van der Waals surface area contributed by atoms with Crippen molar-refractivity contribution in [2.24, 2.45) is 0 Å². The van der Waals surface area contributed by atoms with Crippen LogP contribution in [0, 0.1) is 0 Å². The van der Waals surface area contributed by atoms with Gasteiger partial charge in [0.25, 0.3) is 0 Å². The van der Waals surface area contributed by atoms with Crippen LogP contribution in [0.25, 0.3) is 4.96 Å². The first-order valence-corrected chi connectivity index (χ1v) is 10.2. The van der Waals surface area contributed by atoms with Gasteiger partial charge in [-0.2, -0.15) is 9.61 Å². The lowest BCUT2D eigenvalue weighted by Crippen LogP contribution is -2.46. The Kier molecular flexibility index (Phi) is 6.25. The number of piperidine rings is 1. The lowest BCUT2D eigenvalue weighted by atomic mass is 10.1. The predicted octanol–water partition coefficient (Wildman–Crippen LogP) is 1.98. The molecule has 0 saturated carbocycles. The van der Waals surface area contributed by atoms with Gasteiger partial charge in [0, 0.05) is 37.9 Å². The van der Waals surface area contributed by atoms with Crippen molar-refractivity contribution in [3.8, 4) is 0 Å². The third kappa shape index (κ3) is 4.74. The number of likely N-dealkylation sites (tertiary alicyclic amines) is 1. The van der Waals surface area contributed by atoms with Crippen LogP contribution in [0.4, 0.5) is 4.79 Å². The third-order valence-corrected chi connectivity index (χ3v) is 5.48. The predicted molar refractivity (Wildman–Crippen MR) is 101 cm³/mol. The van der Waals surface area contributed by atoms with Gasteiger partial charge in [0.2, 0.25) is 10.9 Å². The maximum absolute atomic E-state index is 12.3. The van der Waals surface area contributed by atoms with Gasteiger partial charge in [-0.25, -0.2) is 4.79 Å². The van der Waals surface area contributed by atoms with Gasteiger partial charge in [-0.1, -0.05) is 25.2 Å². The minimum absolute atomic E-state index is 0.0135. The highest BCUT2D eigenvalue weighted by Crippen LogP contribution is 2.19. The molecule has 0 atom stereocenters. The number of carbonyl (C=O) groups is 2. The summed E-state index contributed by atoms with van der Waals surface area (Å²) in [5.41, 5.74) is 0. The standard InChI is InChI=1S/C17H26N6O3S/c1-4-26-17(25)22-9-7-12(8-10-22)18-13(24)5-6-14-21-23-15(11(2)3)19-20-16(23)27-14/h11-12H,4-10H2,1-3H3,(H,18,24). The van der Waals surface area contributed by atoms with Crippen LogP contribution < -0.4 is 5.32 Å². The smallest absolute Gasteiger partial charge is 0.409 e. The molecule has 2 amide bonds. The SMILES string of the molecule is CCOC(=O)N1CCC(NC(=O)CCc2nn3c(C(C)C)nnc3s2)CC1. The van der Waals surface area contributed by atoms with Crippen molar-refractivity contribution < 1.29 is 14.3 Å². The van der Waals surface area contributed by atoms with E-state index in [4.69, 9.17) is 4.74 Å². The van der Waals surface area contributed by atoms with Crippen LogP contribution in [0.2, 0.25) is 0 Å². The minimum Gasteiger partial charge on any atom is -0.450 e. The van der Waals surface area contributed by atoms with Crippen LogP contribution in [-0.2, 0) is 16.0 Å². The van der Waals surface area contributed by atoms with Gasteiger partial charge in [-0.3, -0.25) is 4.79 Å². The van der Waals surface area contributed by atoms with Gasteiger partial charge in [-0.05, 0) is 19.8 Å². The van der Waals surface area contributed by atoms with Gasteiger partial charge in [0.05, 0.1) is 6.61 Å². The number of aryl methyl sites for hydroxylation is 1. The van der Waals surface area contributed by atoms with Crippen LogP contribution in [0.15, 0.2) is 0 Å². The second kappa shape index (κ2) is 8.64. The number of hydrogen-bond donors (Lipinski definition) is 1. The Labute approximate surface area is 162 Å². The van der Waals surface area contributed by atoms with E-state index in [1.807, 2.05) is 0 Å². The lowest BCUT2D eigenvalue weighted by molar-refractivity contribution is -0.122. The van der Waals surface area contributed by atoms with Crippen molar-refractivity contribution >= 4 is 28.3 Å². The summed E-state index contributed by atoms with van der Waals surface area (Å²) < 4.78 is 6.78. The van der Waals surface area contributed by atoms with Gasteiger partial charge < -0.3 is 15.0 Å². The fourth-order valence-electron chi connectivity index (χ4n) is 3.07. The highest BCUT2D eigenvalue weighted by Gasteiger charge is 2.24. The fourth-order valence-corrected chi connectivity index (χ4v) is 3.91. The second-order valence-corrected chi connectivity index (χ2v) is 7.97. The van der Waals surface area contributed by atoms with Gasteiger partial charge in [0.1, 0.15) is 5.01 Å². The number of nitrogens with zero attached hydrogens (tertiary/aromatic N) is 5. The Hall–Kier alpha value is -2.23. The highest BCUT2D eigenvalue weighted by molar-refractivity contribution is 7.16. The Morgan fingerprint density at radius 3 is 2.70 bits per heavy atom. The number of aromatic nitrogens is 4. The average Bonchev–Trinajstić information content (AvgIpc) is 3.20. The molecule has 0 unspecified atom stereocenters. The van der Waals surface area contributed by atoms with E-state index in [0.29, 0.717) is 32.5 Å². The molecular formula is C17H26N6O3S. The van der Waals surface area contributed by atoms with Crippen LogP contribution in [0.1, 0.15) is 56.8 Å². The van der Waals surface area contributed by atoms with Crippen molar-refractivity contribution in [2.45, 2.75) is 58.4 Å². The molecule has 148 valence electrons. The molecular weight excluding hydrogens is 368 g/mol. The summed E-state index contributed by atoms with van der Waals surface area (Å²) >= 11 is 1.47. The van der Waals surface area contributed by atoms with E-state index in [1.165, 1.54) is 11.3 Å². The van der Waals surface area contributed by atoms with E-state index in [1.54, 1.807) is 16.3 Å². The summed E-state index contributed by atoms with van der Waals surface area (Å²) in [5, 5.41) is 16.8. The quantitative estimate of drug-likeness (QED) is 0.804. The molecule has 3 heterocycles. The first-order chi connectivity index (χ1) is 13.0. The summed E-state index contributed by atoms with van der Waals surface area (Å²) in [6.45, 7) is 7.50. The Morgan fingerprint density at radius 2 is 2.04 bits per heavy atom. The minimum atomic E-state index is -0.272. The maximum atomic E-state index is 12.3. The molecule has 27 heavy (non-hydrogen) atoms. The normalized spacial score (nSPS) is 15.5. The van der Waals surface area contributed by atoms with E-state index in [0.717, 1.165) is 28.6 Å². The molecule has 1 fully saturated rings. The first kappa shape index (κ1) is 19.5. The summed E-state index contributed by atoms with van der Waals surface area (Å²) in [4.78, 5) is 26.4. The third-order valence-electron chi connectivity index (χ3n) is 4.53. The molecule has 1 aliphatic rings. The highest BCUT2D eigenvalue weighted by atomic mass is 32.1. The molecule has 2 aromatic heterocycles. The van der Waals surface area contributed by atoms with Gasteiger partial charge in [-0.15, -0.1) is 10.2 Å². The number of amides is 2. The first-order valence-electron chi connectivity index (χ1n) is 9.40. The molecule has 3 rings (SSSR count). The fraction of sp³-hybridized carbons (Fsp3) is 0.706. The molecule has 0 radical (unpaired) electrons. The number of rotatable bonds is 6. The Morgan fingerprint density at radius 1 is 1.30 bits per heavy atom. The maximum Gasteiger partial charge on any atom is 0.409 e. The summed E-state index contributed by atoms with van der Waals surface area (Å²) in [5.74, 6) is 1.10. The molecule has 1 saturated heterocycles. The van der Waals surface area contributed by atoms with Crippen molar-refractivity contribution in [3.05, 3.63) is 10.8 Å². The van der Waals surface area contributed by atoms with Gasteiger partial charge >= 0.3 is 6.09 Å². The van der Waals surface area contributed by atoms with Crippen molar-refractivity contribution in [1.82, 2.24) is 30.0 Å². The number of ether oxygens (including phenoxy) is 1. The van der Waals surface area contributed by atoms with Crippen molar-refractivity contribution in [2.75, 3.05) is 19.7 Å². The zero-order valence-corrected chi connectivity index (χ0v) is 16.8. The van der Waals surface area contributed by atoms with E-state index in [2.05, 4.69) is 34.5 Å². The van der Waals surface area contributed by atoms with Crippen LogP contribution in [-0.4, -0.2) is 62.5 Å². The summed E-state index contributed by atoms with van der Waals surface area (Å²) in [6.07, 6.45) is 2.20. The molecule has 1 N–H and O–H groups in total. The van der Waals surface area contributed by atoms with E-state index in [-0.39, 0.29) is 24.0 Å². The molecule has 2 aromatic rings. The van der Waals surface area contributed by atoms with Crippen LogP contribution >= 0.6 is 11.3 Å². The van der Waals surface area contributed by atoms with Gasteiger partial charge in [0.15, 0.2) is 5.82 Å². The van der Waals surface area contributed by atoms with Crippen LogP contribution in [0.5, 0.6) is 0 Å². The summed E-state index contributed by atoms with van der Waals surface area (Å²) in [7, 11) is 0. The molecule has 10 heteroatoms. The van der Waals surface area contributed by atoms with Crippen molar-refractivity contribution in [3.63, 3.8) is 0 Å². The Balaban J connectivity index is 1.44. The van der Waals surface area contributed by atoms with E-state index < -0.39 is 0 Å². The monoisotopic (exact) mass is 394 g/mol. The number of nitrogens with one attached hydrogen (secondary N) is 1. The zero-order valence-electron chi connectivity index (χ0n) is 16.0. The second-order valence-electron chi connectivity index (χ2n) is 6.93. The molecule has 0 spiro atoms. The number of fused-ring (bicyclic) bond motifs is 1. The van der Waals surface area contributed by atoms with Crippen molar-refractivity contribution in [1.29, 1.82) is 0 Å². The largest absolute Gasteiger partial charge is 0.450 e. The molecule has 0 bridgehead atoms. The molecule has 1 aliphatic heterocycles. The molecule has 0 aromatic carbocycles. The summed E-state index contributed by atoms with van der Waals surface area (Å²) in [6, 6.07) is 0.105. The Bertz CT molecular complexity index is 794. The van der Waals surface area contributed by atoms with Crippen LogP contribution in [0.3, 0.4) is 0 Å². The van der Waals surface area contributed by atoms with E-state index >= 15 is 0 Å². The van der Waals surface area contributed by atoms with E-state index in [9.17, 15) is 9.59 Å². The number of hydrogen-bond acceptors (Lipinski definition) is 7.